The van der Waals surface area contributed by atoms with Gasteiger partial charge in [-0.1, -0.05) is 42.8 Å². The van der Waals surface area contributed by atoms with Gasteiger partial charge in [0.25, 0.3) is 5.91 Å². The van der Waals surface area contributed by atoms with E-state index >= 15 is 0 Å². The topological polar surface area (TPSA) is 87.1 Å². The summed E-state index contributed by atoms with van der Waals surface area (Å²) in [6.07, 6.45) is 8.80. The number of allylic oxidation sites excluding steroid dienone is 1. The number of aliphatic hydroxyl groups excluding tert-OH is 1. The highest BCUT2D eigenvalue weighted by Crippen LogP contribution is 2.69. The lowest BCUT2D eigenvalue weighted by Gasteiger charge is -2.40. The average molecular weight is 603 g/mol. The van der Waals surface area contributed by atoms with E-state index in [4.69, 9.17) is 16.3 Å². The number of nitrogens with zero attached hydrogens (tertiary/aromatic N) is 2. The van der Waals surface area contributed by atoms with Gasteiger partial charge < -0.3 is 19.6 Å². The van der Waals surface area contributed by atoms with Crippen LogP contribution in [-0.4, -0.2) is 70.1 Å². The summed E-state index contributed by atoms with van der Waals surface area (Å²) in [7, 11) is 0. The fourth-order valence-corrected chi connectivity index (χ4v) is 9.80. The van der Waals surface area contributed by atoms with Crippen LogP contribution in [0.5, 0.6) is 0 Å². The second-order valence-corrected chi connectivity index (χ2v) is 13.4. The number of hydrogen-bond acceptors (Lipinski definition) is 6. The Kier molecular flexibility index (Phi) is 10.6. The molecule has 1 aromatic rings. The van der Waals surface area contributed by atoms with E-state index in [1.807, 2.05) is 25.1 Å². The van der Waals surface area contributed by atoms with Gasteiger partial charge in [0.2, 0.25) is 5.91 Å². The third-order valence-corrected chi connectivity index (χ3v) is 11.3. The lowest BCUT2D eigenvalue weighted by atomic mass is 9.66. The van der Waals surface area contributed by atoms with Gasteiger partial charge >= 0.3 is 5.97 Å². The second-order valence-electron chi connectivity index (χ2n) is 11.5. The second kappa shape index (κ2) is 13.8. The first-order valence-electron chi connectivity index (χ1n) is 14.8. The van der Waals surface area contributed by atoms with Crippen molar-refractivity contribution >= 4 is 46.8 Å². The molecule has 9 heteroatoms. The number of amides is 2. The number of anilines is 1. The number of rotatable bonds is 15. The molecule has 0 aliphatic carbocycles. The highest BCUT2D eigenvalue weighted by Gasteiger charge is 2.76. The molecule has 1 spiro atoms. The van der Waals surface area contributed by atoms with Crippen molar-refractivity contribution in [1.82, 2.24) is 4.90 Å². The number of para-hydroxylation sites is 1. The molecule has 4 rings (SSSR count). The average Bonchev–Trinajstić information content (AvgIpc) is 3.53. The minimum absolute atomic E-state index is 0.0532. The summed E-state index contributed by atoms with van der Waals surface area (Å²) in [6, 6.07) is 4.78. The lowest BCUT2D eigenvalue weighted by molar-refractivity contribution is -0.154. The van der Waals surface area contributed by atoms with Crippen molar-refractivity contribution in [2.45, 2.75) is 74.8 Å². The van der Waals surface area contributed by atoms with Crippen LogP contribution in [0.2, 0.25) is 5.02 Å². The summed E-state index contributed by atoms with van der Waals surface area (Å²) in [5, 5.41) is 9.69. The third kappa shape index (κ3) is 5.84. The van der Waals surface area contributed by atoms with Crippen LogP contribution < -0.4 is 4.90 Å². The molecule has 3 fully saturated rings. The van der Waals surface area contributed by atoms with E-state index in [-0.39, 0.29) is 42.1 Å². The van der Waals surface area contributed by atoms with E-state index in [1.165, 1.54) is 0 Å². The first-order valence-corrected chi connectivity index (χ1v) is 16.0. The van der Waals surface area contributed by atoms with E-state index in [2.05, 4.69) is 20.1 Å². The summed E-state index contributed by atoms with van der Waals surface area (Å²) < 4.78 is 4.99. The van der Waals surface area contributed by atoms with Gasteiger partial charge in [-0.25, -0.2) is 0 Å². The van der Waals surface area contributed by atoms with E-state index in [0.717, 1.165) is 37.7 Å². The Morgan fingerprint density at radius 1 is 1.22 bits per heavy atom. The van der Waals surface area contributed by atoms with Crippen LogP contribution in [0.1, 0.15) is 57.4 Å². The van der Waals surface area contributed by atoms with Crippen LogP contribution in [-0.2, 0) is 19.1 Å². The smallest absolute Gasteiger partial charge is 0.310 e. The zero-order valence-electron chi connectivity index (χ0n) is 24.2. The molecule has 0 radical (unpaired) electrons. The van der Waals surface area contributed by atoms with Crippen molar-refractivity contribution < 1.29 is 24.2 Å². The van der Waals surface area contributed by atoms with Gasteiger partial charge in [-0.15, -0.1) is 24.9 Å². The standard InChI is InChI=1S/C32H43ClN2O5S/c1-5-7-8-12-19-40-31(39)25-24-20-22(4)32(41-24)26(25)29(37)35(17-10-9-11-18-36)28(32)30(38)34(16-6-2)27-21(3)14-13-15-23(27)33/h5-6,13-15,22,24-26,28,36H,1-2,7-12,16-20H2,3-4H3/t22?,24-,25+,26+,28?,32?/m1/s1. The van der Waals surface area contributed by atoms with Crippen molar-refractivity contribution in [2.24, 2.45) is 17.8 Å². The molecular weight excluding hydrogens is 560 g/mol. The zero-order valence-corrected chi connectivity index (χ0v) is 25.8. The Hall–Kier alpha value is -2.29. The fraction of sp³-hybridized carbons (Fsp3) is 0.594. The van der Waals surface area contributed by atoms with Crippen LogP contribution in [0.25, 0.3) is 0 Å². The number of halogens is 1. The molecule has 3 unspecified atom stereocenters. The van der Waals surface area contributed by atoms with Crippen molar-refractivity contribution in [1.29, 1.82) is 0 Å². The predicted molar refractivity (Wildman–Crippen MR) is 165 cm³/mol. The number of carbonyl (C=O) groups is 3. The normalized spacial score (nSPS) is 28.0. The number of likely N-dealkylation sites (tertiary alicyclic amines) is 1. The molecule has 41 heavy (non-hydrogen) atoms. The van der Waals surface area contributed by atoms with Crippen molar-refractivity contribution in [3.05, 3.63) is 54.1 Å². The minimum atomic E-state index is -0.750. The highest BCUT2D eigenvalue weighted by atomic mass is 35.5. The van der Waals surface area contributed by atoms with Crippen molar-refractivity contribution in [3.8, 4) is 0 Å². The molecule has 1 N–H and O–H groups in total. The quantitative estimate of drug-likeness (QED) is 0.161. The molecule has 6 atom stereocenters. The summed E-state index contributed by atoms with van der Waals surface area (Å²) in [5.74, 6) is -1.80. The van der Waals surface area contributed by atoms with E-state index in [1.54, 1.807) is 33.7 Å². The summed E-state index contributed by atoms with van der Waals surface area (Å²) in [6.45, 7) is 12.7. The maximum absolute atomic E-state index is 14.8. The Morgan fingerprint density at radius 2 is 2.00 bits per heavy atom. The number of carbonyl (C=O) groups excluding carboxylic acids is 3. The molecule has 224 valence electrons. The third-order valence-electron chi connectivity index (χ3n) is 8.89. The monoisotopic (exact) mass is 602 g/mol. The number of benzene rings is 1. The highest BCUT2D eigenvalue weighted by molar-refractivity contribution is 8.02. The zero-order chi connectivity index (χ0) is 29.7. The molecular formula is C32H43ClN2O5S. The maximum Gasteiger partial charge on any atom is 0.310 e. The van der Waals surface area contributed by atoms with Gasteiger partial charge in [0.15, 0.2) is 0 Å². The Morgan fingerprint density at radius 3 is 2.68 bits per heavy atom. The lowest BCUT2D eigenvalue weighted by Crippen LogP contribution is -2.57. The predicted octanol–water partition coefficient (Wildman–Crippen LogP) is 5.57. The first kappa shape index (κ1) is 31.6. The number of aryl methyl sites for hydroxylation is 1. The van der Waals surface area contributed by atoms with Crippen LogP contribution in [0.15, 0.2) is 43.5 Å². The molecule has 3 heterocycles. The van der Waals surface area contributed by atoms with Gasteiger partial charge in [-0.05, 0) is 69.4 Å². The molecule has 3 aliphatic rings. The van der Waals surface area contributed by atoms with Crippen LogP contribution in [0.3, 0.4) is 0 Å². The first-order chi connectivity index (χ1) is 19.7. The van der Waals surface area contributed by atoms with Gasteiger partial charge in [0.05, 0.1) is 33.9 Å². The number of fused-ring (bicyclic) bond motifs is 1. The van der Waals surface area contributed by atoms with Crippen LogP contribution in [0, 0.1) is 24.7 Å². The van der Waals surface area contributed by atoms with Crippen LogP contribution >= 0.6 is 23.4 Å². The summed E-state index contributed by atoms with van der Waals surface area (Å²) in [4.78, 5) is 45.9. The minimum Gasteiger partial charge on any atom is -0.465 e. The van der Waals surface area contributed by atoms with Crippen molar-refractivity contribution in [2.75, 3.05) is 31.2 Å². The van der Waals surface area contributed by atoms with Gasteiger partial charge in [-0.2, -0.15) is 0 Å². The number of unbranched alkanes of at least 4 members (excludes halogenated alkanes) is 4. The van der Waals surface area contributed by atoms with E-state index in [0.29, 0.717) is 36.7 Å². The summed E-state index contributed by atoms with van der Waals surface area (Å²) >= 11 is 8.30. The Labute approximate surface area is 253 Å². The number of ether oxygens (including phenoxy) is 1. The molecule has 3 aliphatic heterocycles. The maximum atomic E-state index is 14.8. The fourth-order valence-electron chi connectivity index (χ4n) is 7.07. The molecule has 2 bridgehead atoms. The molecule has 7 nitrogen and oxygen atoms in total. The molecule has 0 saturated carbocycles. The number of aliphatic hydroxyl groups is 1. The largest absolute Gasteiger partial charge is 0.465 e. The Bertz CT molecular complexity index is 1140. The number of esters is 1. The van der Waals surface area contributed by atoms with Crippen molar-refractivity contribution in [3.63, 3.8) is 0 Å². The molecule has 0 aromatic heterocycles. The SMILES string of the molecule is C=CCCCCOC(=O)[C@@H]1[C@H]2C(=O)N(CCCCCO)C(C(=O)N(CC=C)c3c(C)cccc3Cl)C23S[C@@H]1CC3C. The molecule has 3 saturated heterocycles. The van der Waals surface area contributed by atoms with Crippen LogP contribution in [0.4, 0.5) is 5.69 Å². The molecule has 2 amide bonds. The number of hydrogen-bond donors (Lipinski definition) is 1. The molecule has 1 aromatic carbocycles. The Balaban J connectivity index is 1.71. The van der Waals surface area contributed by atoms with E-state index < -0.39 is 22.6 Å². The van der Waals surface area contributed by atoms with E-state index in [9.17, 15) is 19.5 Å². The summed E-state index contributed by atoms with van der Waals surface area (Å²) in [5.41, 5.74) is 1.47. The van der Waals surface area contributed by atoms with Gasteiger partial charge in [0, 0.05) is 24.9 Å². The number of thioether (sulfide) groups is 1. The van der Waals surface area contributed by atoms with Gasteiger partial charge in [0.1, 0.15) is 6.04 Å². The van der Waals surface area contributed by atoms with Gasteiger partial charge in [-0.3, -0.25) is 14.4 Å².